The summed E-state index contributed by atoms with van der Waals surface area (Å²) in [5.41, 5.74) is 0.545. The zero-order valence-corrected chi connectivity index (χ0v) is 13.1. The number of anilines is 1. The Kier molecular flexibility index (Phi) is 7.34. The molecule has 0 aliphatic rings. The molecule has 1 aromatic rings. The fourth-order valence-corrected chi connectivity index (χ4v) is 1.71. The standard InChI is InChI=1S/C16H21N3O3/c1-4-5-8-18-11-12(10-17)16(20)19-13-6-7-14(21-2)15(9-13)22-3/h6-7,9,11,18H,4-5,8H2,1-3H3,(H,19,20)/b12-11-. The fraction of sp³-hybridized carbons (Fsp3) is 0.375. The summed E-state index contributed by atoms with van der Waals surface area (Å²) in [5.74, 6) is 0.598. The molecule has 0 saturated heterocycles. The summed E-state index contributed by atoms with van der Waals surface area (Å²) >= 11 is 0. The number of unbranched alkanes of at least 4 members (excludes halogenated alkanes) is 1. The molecule has 0 bridgehead atoms. The summed E-state index contributed by atoms with van der Waals surface area (Å²) in [5, 5.41) is 14.7. The number of hydrogen-bond acceptors (Lipinski definition) is 5. The molecule has 22 heavy (non-hydrogen) atoms. The van der Waals surface area contributed by atoms with Crippen LogP contribution < -0.4 is 20.1 Å². The second kappa shape index (κ2) is 9.29. The van der Waals surface area contributed by atoms with E-state index in [4.69, 9.17) is 14.7 Å². The second-order valence-corrected chi connectivity index (χ2v) is 4.50. The van der Waals surface area contributed by atoms with Crippen molar-refractivity contribution in [1.82, 2.24) is 5.32 Å². The molecule has 118 valence electrons. The molecule has 0 aromatic heterocycles. The van der Waals surface area contributed by atoms with Gasteiger partial charge in [-0.05, 0) is 18.6 Å². The normalized spacial score (nSPS) is 10.5. The largest absolute Gasteiger partial charge is 0.493 e. The molecular weight excluding hydrogens is 282 g/mol. The third-order valence-corrected chi connectivity index (χ3v) is 2.93. The van der Waals surface area contributed by atoms with E-state index in [9.17, 15) is 4.79 Å². The van der Waals surface area contributed by atoms with Crippen molar-refractivity contribution in [2.75, 3.05) is 26.1 Å². The van der Waals surface area contributed by atoms with Crippen molar-refractivity contribution < 1.29 is 14.3 Å². The number of amides is 1. The Bertz CT molecular complexity index is 576. The van der Waals surface area contributed by atoms with Gasteiger partial charge in [0.15, 0.2) is 11.5 Å². The van der Waals surface area contributed by atoms with Crippen LogP contribution >= 0.6 is 0 Å². The van der Waals surface area contributed by atoms with Crippen molar-refractivity contribution in [3.63, 3.8) is 0 Å². The van der Waals surface area contributed by atoms with Gasteiger partial charge in [0.25, 0.3) is 5.91 Å². The van der Waals surface area contributed by atoms with Crippen molar-refractivity contribution in [3.05, 3.63) is 30.0 Å². The Morgan fingerprint density at radius 1 is 1.32 bits per heavy atom. The molecule has 0 atom stereocenters. The average molecular weight is 303 g/mol. The number of methoxy groups -OCH3 is 2. The maximum atomic E-state index is 12.0. The van der Waals surface area contributed by atoms with Crippen LogP contribution in [0.4, 0.5) is 5.69 Å². The van der Waals surface area contributed by atoms with Gasteiger partial charge in [-0.2, -0.15) is 5.26 Å². The molecule has 0 fully saturated rings. The Hall–Kier alpha value is -2.68. The van der Waals surface area contributed by atoms with Crippen molar-refractivity contribution >= 4 is 11.6 Å². The van der Waals surface area contributed by atoms with E-state index in [0.717, 1.165) is 19.4 Å². The van der Waals surface area contributed by atoms with Crippen LogP contribution in [0.1, 0.15) is 19.8 Å². The highest BCUT2D eigenvalue weighted by molar-refractivity contribution is 6.06. The number of nitriles is 1. The van der Waals surface area contributed by atoms with E-state index in [1.54, 1.807) is 18.2 Å². The molecule has 1 rings (SSSR count). The number of carbonyl (C=O) groups excluding carboxylic acids is 1. The minimum atomic E-state index is -0.473. The van der Waals surface area contributed by atoms with Gasteiger partial charge in [-0.15, -0.1) is 0 Å². The van der Waals surface area contributed by atoms with Crippen LogP contribution in [0.5, 0.6) is 11.5 Å². The van der Waals surface area contributed by atoms with Gasteiger partial charge in [-0.3, -0.25) is 4.79 Å². The van der Waals surface area contributed by atoms with Gasteiger partial charge in [-0.1, -0.05) is 13.3 Å². The lowest BCUT2D eigenvalue weighted by Crippen LogP contribution is -2.17. The molecule has 1 amide bonds. The Morgan fingerprint density at radius 2 is 2.05 bits per heavy atom. The van der Waals surface area contributed by atoms with Crippen molar-refractivity contribution in [2.24, 2.45) is 0 Å². The highest BCUT2D eigenvalue weighted by atomic mass is 16.5. The molecule has 0 aliphatic heterocycles. The molecule has 6 nitrogen and oxygen atoms in total. The molecule has 0 saturated carbocycles. The van der Waals surface area contributed by atoms with Crippen molar-refractivity contribution in [3.8, 4) is 17.6 Å². The Labute approximate surface area is 130 Å². The highest BCUT2D eigenvalue weighted by Crippen LogP contribution is 2.29. The predicted molar refractivity (Wildman–Crippen MR) is 84.8 cm³/mol. The molecule has 1 aromatic carbocycles. The molecule has 6 heteroatoms. The minimum Gasteiger partial charge on any atom is -0.493 e. The van der Waals surface area contributed by atoms with Crippen LogP contribution in [0.25, 0.3) is 0 Å². The van der Waals surface area contributed by atoms with Gasteiger partial charge >= 0.3 is 0 Å². The van der Waals surface area contributed by atoms with E-state index < -0.39 is 5.91 Å². The summed E-state index contributed by atoms with van der Waals surface area (Å²) in [6.07, 6.45) is 3.46. The topological polar surface area (TPSA) is 83.4 Å². The summed E-state index contributed by atoms with van der Waals surface area (Å²) in [6, 6.07) is 6.88. The first kappa shape index (κ1) is 17.4. The minimum absolute atomic E-state index is 0.0193. The van der Waals surface area contributed by atoms with E-state index in [2.05, 4.69) is 17.6 Å². The van der Waals surface area contributed by atoms with E-state index in [1.807, 2.05) is 6.07 Å². The van der Waals surface area contributed by atoms with E-state index >= 15 is 0 Å². The maximum Gasteiger partial charge on any atom is 0.267 e. The molecule has 0 aliphatic carbocycles. The molecular formula is C16H21N3O3. The number of carbonyl (C=O) groups is 1. The van der Waals surface area contributed by atoms with E-state index in [0.29, 0.717) is 17.2 Å². The molecule has 0 unspecified atom stereocenters. The number of rotatable bonds is 8. The predicted octanol–water partition coefficient (Wildman–Crippen LogP) is 2.44. The fourth-order valence-electron chi connectivity index (χ4n) is 1.71. The number of ether oxygens (including phenoxy) is 2. The summed E-state index contributed by atoms with van der Waals surface area (Å²) in [7, 11) is 3.05. The number of hydrogen-bond donors (Lipinski definition) is 2. The van der Waals surface area contributed by atoms with Crippen LogP contribution in [-0.4, -0.2) is 26.7 Å². The molecule has 2 N–H and O–H groups in total. The summed E-state index contributed by atoms with van der Waals surface area (Å²) in [4.78, 5) is 12.0. The van der Waals surface area contributed by atoms with Crippen LogP contribution in [-0.2, 0) is 4.79 Å². The maximum absolute atomic E-state index is 12.0. The van der Waals surface area contributed by atoms with Crippen LogP contribution in [0.3, 0.4) is 0 Å². The number of nitrogens with zero attached hydrogens (tertiary/aromatic N) is 1. The van der Waals surface area contributed by atoms with Gasteiger partial charge in [-0.25, -0.2) is 0 Å². The second-order valence-electron chi connectivity index (χ2n) is 4.50. The zero-order chi connectivity index (χ0) is 16.4. The van der Waals surface area contributed by atoms with Gasteiger partial charge in [0, 0.05) is 24.5 Å². The Balaban J connectivity index is 2.76. The first-order chi connectivity index (χ1) is 10.7. The number of benzene rings is 1. The quantitative estimate of drug-likeness (QED) is 0.438. The first-order valence-corrected chi connectivity index (χ1v) is 7.03. The molecule has 0 radical (unpaired) electrons. The van der Waals surface area contributed by atoms with Crippen molar-refractivity contribution in [2.45, 2.75) is 19.8 Å². The Morgan fingerprint density at radius 3 is 2.64 bits per heavy atom. The zero-order valence-electron chi connectivity index (χ0n) is 13.1. The monoisotopic (exact) mass is 303 g/mol. The van der Waals surface area contributed by atoms with E-state index in [-0.39, 0.29) is 5.57 Å². The smallest absolute Gasteiger partial charge is 0.267 e. The van der Waals surface area contributed by atoms with Gasteiger partial charge in [0.1, 0.15) is 11.6 Å². The summed E-state index contributed by atoms with van der Waals surface area (Å²) in [6.45, 7) is 2.80. The third-order valence-electron chi connectivity index (χ3n) is 2.93. The lowest BCUT2D eigenvalue weighted by atomic mass is 10.2. The lowest BCUT2D eigenvalue weighted by molar-refractivity contribution is -0.112. The van der Waals surface area contributed by atoms with Crippen LogP contribution in [0.15, 0.2) is 30.0 Å². The third kappa shape index (κ3) is 5.02. The number of nitrogens with one attached hydrogen (secondary N) is 2. The SMILES string of the molecule is CCCCN/C=C(/C#N)C(=O)Nc1ccc(OC)c(OC)c1. The van der Waals surface area contributed by atoms with Gasteiger partial charge < -0.3 is 20.1 Å². The molecule has 0 heterocycles. The average Bonchev–Trinajstić information content (AvgIpc) is 2.54. The lowest BCUT2D eigenvalue weighted by Gasteiger charge is -2.10. The van der Waals surface area contributed by atoms with Crippen LogP contribution in [0.2, 0.25) is 0 Å². The van der Waals surface area contributed by atoms with E-state index in [1.165, 1.54) is 20.4 Å². The highest BCUT2D eigenvalue weighted by Gasteiger charge is 2.11. The molecule has 0 spiro atoms. The summed E-state index contributed by atoms with van der Waals surface area (Å²) < 4.78 is 10.3. The van der Waals surface area contributed by atoms with Gasteiger partial charge in [0.05, 0.1) is 14.2 Å². The van der Waals surface area contributed by atoms with Crippen LogP contribution in [0, 0.1) is 11.3 Å². The first-order valence-electron chi connectivity index (χ1n) is 7.03. The van der Waals surface area contributed by atoms with Crippen molar-refractivity contribution in [1.29, 1.82) is 5.26 Å². The van der Waals surface area contributed by atoms with Gasteiger partial charge in [0.2, 0.25) is 0 Å².